The Hall–Kier alpha value is -2.97. The highest BCUT2D eigenvalue weighted by atomic mass is 32.1. The van der Waals surface area contributed by atoms with Crippen molar-refractivity contribution in [1.82, 2.24) is 19.2 Å². The fourth-order valence-corrected chi connectivity index (χ4v) is 4.53. The molecule has 0 unspecified atom stereocenters. The number of rotatable bonds is 5. The lowest BCUT2D eigenvalue weighted by molar-refractivity contribution is -0.140. The molecule has 8 heteroatoms. The minimum absolute atomic E-state index is 0.116. The van der Waals surface area contributed by atoms with Gasteiger partial charge in [0.1, 0.15) is 11.3 Å². The minimum atomic E-state index is -0.662. The monoisotopic (exact) mass is 410 g/mol. The average molecular weight is 410 g/mol. The summed E-state index contributed by atoms with van der Waals surface area (Å²) < 4.78 is 1.74. The van der Waals surface area contributed by atoms with Crippen molar-refractivity contribution < 1.29 is 14.7 Å². The SMILES string of the molecule is Cc1nc2ccccn2c1/C(O)=C1\C(=O)C(=O)N(CCN(C)C)[C@@H]1c1cccs1. The van der Waals surface area contributed by atoms with Crippen LogP contribution in [0.25, 0.3) is 11.4 Å². The van der Waals surface area contributed by atoms with Crippen LogP contribution in [0, 0.1) is 6.92 Å². The number of hydrogen-bond donors (Lipinski definition) is 1. The quantitative estimate of drug-likeness (QED) is 0.398. The lowest BCUT2D eigenvalue weighted by atomic mass is 10.0. The molecule has 1 aliphatic rings. The van der Waals surface area contributed by atoms with Gasteiger partial charge in [0, 0.05) is 24.2 Å². The Balaban J connectivity index is 1.90. The molecule has 0 aromatic carbocycles. The van der Waals surface area contributed by atoms with Gasteiger partial charge in [0.25, 0.3) is 11.7 Å². The number of aliphatic hydroxyl groups excluding tert-OH is 1. The largest absolute Gasteiger partial charge is 0.505 e. The molecule has 1 saturated heterocycles. The van der Waals surface area contributed by atoms with E-state index in [4.69, 9.17) is 0 Å². The standard InChI is InChI=1S/C21H22N4O3S/c1-13-17(24-9-5-4-8-15(24)22-13)19(26)16-18(14-7-6-12-29-14)25(11-10-23(2)3)21(28)20(16)27/h4-9,12,18,26H,10-11H2,1-3H3/b19-16+/t18-/m1/s1. The van der Waals surface area contributed by atoms with E-state index in [2.05, 4.69) is 4.98 Å². The van der Waals surface area contributed by atoms with E-state index in [0.29, 0.717) is 30.1 Å². The second-order valence-corrected chi connectivity index (χ2v) is 8.27. The number of hydrogen-bond acceptors (Lipinski definition) is 6. The normalized spacial score (nSPS) is 19.0. The number of likely N-dealkylation sites (tertiary alicyclic amines) is 1. The summed E-state index contributed by atoms with van der Waals surface area (Å²) in [7, 11) is 3.83. The maximum absolute atomic E-state index is 13.0. The number of aromatic nitrogens is 2. The van der Waals surface area contributed by atoms with Gasteiger partial charge in [0.2, 0.25) is 0 Å². The summed E-state index contributed by atoms with van der Waals surface area (Å²) in [5.74, 6) is -1.44. The Morgan fingerprint density at radius 2 is 2.03 bits per heavy atom. The molecular weight excluding hydrogens is 388 g/mol. The molecule has 3 aromatic rings. The van der Waals surface area contributed by atoms with Gasteiger partial charge in [-0.15, -0.1) is 11.3 Å². The molecule has 4 rings (SSSR count). The molecule has 0 radical (unpaired) electrons. The van der Waals surface area contributed by atoms with Gasteiger partial charge in [0.05, 0.1) is 17.3 Å². The number of pyridine rings is 1. The van der Waals surface area contributed by atoms with Gasteiger partial charge in [-0.3, -0.25) is 14.0 Å². The van der Waals surface area contributed by atoms with E-state index in [1.807, 2.05) is 54.7 Å². The Labute approximate surface area is 172 Å². The van der Waals surface area contributed by atoms with E-state index in [-0.39, 0.29) is 11.3 Å². The van der Waals surface area contributed by atoms with Crippen LogP contribution in [-0.4, -0.2) is 63.2 Å². The van der Waals surface area contributed by atoms with E-state index >= 15 is 0 Å². The molecule has 1 aliphatic heterocycles. The molecular formula is C21H22N4O3S. The Morgan fingerprint density at radius 1 is 1.24 bits per heavy atom. The summed E-state index contributed by atoms with van der Waals surface area (Å²) in [5, 5.41) is 13.2. The first-order chi connectivity index (χ1) is 13.9. The number of Topliss-reactive ketones (excluding diaryl/α,β-unsaturated/α-hetero) is 1. The third-order valence-corrected chi connectivity index (χ3v) is 5.99. The molecule has 4 heterocycles. The predicted octanol–water partition coefficient (Wildman–Crippen LogP) is 2.69. The van der Waals surface area contributed by atoms with Crippen molar-refractivity contribution in [3.63, 3.8) is 0 Å². The first-order valence-electron chi connectivity index (χ1n) is 9.30. The summed E-state index contributed by atoms with van der Waals surface area (Å²) in [5.41, 5.74) is 1.82. The second-order valence-electron chi connectivity index (χ2n) is 7.29. The van der Waals surface area contributed by atoms with E-state index in [0.717, 1.165) is 4.88 Å². The van der Waals surface area contributed by atoms with Gasteiger partial charge in [-0.05, 0) is 44.6 Å². The highest BCUT2D eigenvalue weighted by Crippen LogP contribution is 2.41. The Morgan fingerprint density at radius 3 is 2.72 bits per heavy atom. The molecule has 3 aromatic heterocycles. The molecule has 0 aliphatic carbocycles. The minimum Gasteiger partial charge on any atom is -0.505 e. The van der Waals surface area contributed by atoms with Gasteiger partial charge in [-0.1, -0.05) is 12.1 Å². The van der Waals surface area contributed by atoms with Crippen LogP contribution in [0.3, 0.4) is 0 Å². The van der Waals surface area contributed by atoms with Gasteiger partial charge >= 0.3 is 0 Å². The fourth-order valence-electron chi connectivity index (χ4n) is 3.69. The van der Waals surface area contributed by atoms with Crippen LogP contribution in [-0.2, 0) is 9.59 Å². The molecule has 0 saturated carbocycles. The number of aryl methyl sites for hydroxylation is 1. The number of thiophene rings is 1. The number of nitrogens with zero attached hydrogens (tertiary/aromatic N) is 4. The zero-order valence-electron chi connectivity index (χ0n) is 16.5. The fraction of sp³-hybridized carbons (Fsp3) is 0.286. The number of imidazole rings is 1. The molecule has 150 valence electrons. The van der Waals surface area contributed by atoms with Crippen molar-refractivity contribution in [2.75, 3.05) is 27.2 Å². The summed E-state index contributed by atoms with van der Waals surface area (Å²) >= 11 is 1.46. The lowest BCUT2D eigenvalue weighted by Gasteiger charge is -2.25. The maximum atomic E-state index is 13.0. The van der Waals surface area contributed by atoms with E-state index < -0.39 is 17.7 Å². The number of ketones is 1. The number of aliphatic hydroxyl groups is 1. The molecule has 1 N–H and O–H groups in total. The van der Waals surface area contributed by atoms with Crippen LogP contribution >= 0.6 is 11.3 Å². The molecule has 0 bridgehead atoms. The van der Waals surface area contributed by atoms with Crippen LogP contribution in [0.4, 0.5) is 0 Å². The summed E-state index contributed by atoms with van der Waals surface area (Å²) in [6.07, 6.45) is 1.78. The van der Waals surface area contributed by atoms with Crippen molar-refractivity contribution >= 4 is 34.4 Å². The van der Waals surface area contributed by atoms with Crippen molar-refractivity contribution in [2.45, 2.75) is 13.0 Å². The molecule has 1 amide bonds. The smallest absolute Gasteiger partial charge is 0.295 e. The van der Waals surface area contributed by atoms with Gasteiger partial charge in [0.15, 0.2) is 5.76 Å². The topological polar surface area (TPSA) is 78.1 Å². The first-order valence-corrected chi connectivity index (χ1v) is 10.2. The van der Waals surface area contributed by atoms with Crippen LogP contribution in [0.15, 0.2) is 47.5 Å². The molecule has 29 heavy (non-hydrogen) atoms. The second kappa shape index (κ2) is 7.46. The van der Waals surface area contributed by atoms with Crippen molar-refractivity contribution in [3.05, 3.63) is 63.7 Å². The van der Waals surface area contributed by atoms with Gasteiger partial charge in [-0.25, -0.2) is 4.98 Å². The predicted molar refractivity (Wildman–Crippen MR) is 112 cm³/mol. The zero-order chi connectivity index (χ0) is 20.7. The lowest BCUT2D eigenvalue weighted by Crippen LogP contribution is -2.35. The van der Waals surface area contributed by atoms with E-state index in [1.54, 1.807) is 22.4 Å². The van der Waals surface area contributed by atoms with Gasteiger partial charge < -0.3 is 14.9 Å². The summed E-state index contributed by atoms with van der Waals surface area (Å²) in [6.45, 7) is 2.79. The van der Waals surface area contributed by atoms with Crippen molar-refractivity contribution in [3.8, 4) is 0 Å². The van der Waals surface area contributed by atoms with E-state index in [9.17, 15) is 14.7 Å². The highest BCUT2D eigenvalue weighted by molar-refractivity contribution is 7.10. The Kier molecular flexibility index (Phi) is 4.97. The average Bonchev–Trinajstić information content (AvgIpc) is 3.37. The first kappa shape index (κ1) is 19.4. The third-order valence-electron chi connectivity index (χ3n) is 5.07. The number of carbonyl (C=O) groups is 2. The molecule has 7 nitrogen and oxygen atoms in total. The van der Waals surface area contributed by atoms with Crippen LogP contribution in [0.1, 0.15) is 22.3 Å². The Bertz CT molecular complexity index is 1110. The highest BCUT2D eigenvalue weighted by Gasteiger charge is 2.46. The molecule has 0 spiro atoms. The summed E-state index contributed by atoms with van der Waals surface area (Å²) in [4.78, 5) is 34.7. The number of carbonyl (C=O) groups excluding carboxylic acids is 2. The summed E-state index contributed by atoms with van der Waals surface area (Å²) in [6, 6.07) is 8.68. The zero-order valence-corrected chi connectivity index (χ0v) is 17.3. The number of amides is 1. The van der Waals surface area contributed by atoms with Crippen molar-refractivity contribution in [1.29, 1.82) is 0 Å². The van der Waals surface area contributed by atoms with Gasteiger partial charge in [-0.2, -0.15) is 0 Å². The molecule has 1 atom stereocenters. The van der Waals surface area contributed by atoms with E-state index in [1.165, 1.54) is 11.3 Å². The number of fused-ring (bicyclic) bond motifs is 1. The van der Waals surface area contributed by atoms with Crippen molar-refractivity contribution in [2.24, 2.45) is 0 Å². The maximum Gasteiger partial charge on any atom is 0.295 e. The number of likely N-dealkylation sites (N-methyl/N-ethyl adjacent to an activating group) is 1. The van der Waals surface area contributed by atoms with Crippen LogP contribution < -0.4 is 0 Å². The van der Waals surface area contributed by atoms with Crippen LogP contribution in [0.2, 0.25) is 0 Å². The van der Waals surface area contributed by atoms with Crippen LogP contribution in [0.5, 0.6) is 0 Å². The molecule has 1 fully saturated rings. The third kappa shape index (κ3) is 3.24.